The predicted octanol–water partition coefficient (Wildman–Crippen LogP) is 0.580. The molecule has 15 heavy (non-hydrogen) atoms. The standard InChI is InChI=1S/C11H15N3O/c12-6-8-5-11(15)14(7-8)10-4-2-1-3-9(10)13/h1-4,8H,5-7,12-13H2. The number of anilines is 2. The van der Waals surface area contributed by atoms with Crippen molar-refractivity contribution in [2.45, 2.75) is 6.42 Å². The van der Waals surface area contributed by atoms with E-state index >= 15 is 0 Å². The molecule has 1 aromatic rings. The van der Waals surface area contributed by atoms with Gasteiger partial charge >= 0.3 is 0 Å². The average Bonchev–Trinajstić information content (AvgIpc) is 2.60. The fourth-order valence-electron chi connectivity index (χ4n) is 1.91. The maximum Gasteiger partial charge on any atom is 0.227 e. The molecule has 0 aromatic heterocycles. The first-order chi connectivity index (χ1) is 7.22. The van der Waals surface area contributed by atoms with Crippen LogP contribution in [0.15, 0.2) is 24.3 Å². The fourth-order valence-corrected chi connectivity index (χ4v) is 1.91. The number of nitrogens with zero attached hydrogens (tertiary/aromatic N) is 1. The van der Waals surface area contributed by atoms with Crippen LogP contribution < -0.4 is 16.4 Å². The van der Waals surface area contributed by atoms with E-state index in [1.54, 1.807) is 11.0 Å². The maximum absolute atomic E-state index is 11.7. The van der Waals surface area contributed by atoms with Crippen LogP contribution in [-0.2, 0) is 4.79 Å². The maximum atomic E-state index is 11.7. The first kappa shape index (κ1) is 9.98. The molecule has 2 rings (SSSR count). The Kier molecular flexibility index (Phi) is 2.60. The van der Waals surface area contributed by atoms with Crippen LogP contribution >= 0.6 is 0 Å². The molecule has 0 spiro atoms. The molecule has 1 atom stereocenters. The van der Waals surface area contributed by atoms with Crippen LogP contribution in [0, 0.1) is 5.92 Å². The third-order valence-electron chi connectivity index (χ3n) is 2.77. The molecular formula is C11H15N3O. The summed E-state index contributed by atoms with van der Waals surface area (Å²) < 4.78 is 0. The Hall–Kier alpha value is -1.55. The van der Waals surface area contributed by atoms with Crippen molar-refractivity contribution in [1.82, 2.24) is 0 Å². The normalized spacial score (nSPS) is 21.0. The Morgan fingerprint density at radius 1 is 1.40 bits per heavy atom. The lowest BCUT2D eigenvalue weighted by molar-refractivity contribution is -0.117. The summed E-state index contributed by atoms with van der Waals surface area (Å²) in [5, 5.41) is 0. The fraction of sp³-hybridized carbons (Fsp3) is 0.364. The van der Waals surface area contributed by atoms with Crippen molar-refractivity contribution in [3.05, 3.63) is 24.3 Å². The van der Waals surface area contributed by atoms with Crippen LogP contribution in [0.4, 0.5) is 11.4 Å². The van der Waals surface area contributed by atoms with Gasteiger partial charge in [-0.15, -0.1) is 0 Å². The van der Waals surface area contributed by atoms with Crippen LogP contribution in [0.2, 0.25) is 0 Å². The monoisotopic (exact) mass is 205 g/mol. The van der Waals surface area contributed by atoms with Crippen molar-refractivity contribution < 1.29 is 4.79 Å². The highest BCUT2D eigenvalue weighted by atomic mass is 16.2. The summed E-state index contributed by atoms with van der Waals surface area (Å²) in [6, 6.07) is 7.42. The van der Waals surface area contributed by atoms with Crippen molar-refractivity contribution in [1.29, 1.82) is 0 Å². The highest BCUT2D eigenvalue weighted by molar-refractivity contribution is 5.98. The SMILES string of the molecule is NCC1CC(=O)N(c2ccccc2N)C1. The van der Waals surface area contributed by atoms with Gasteiger partial charge < -0.3 is 16.4 Å². The second-order valence-corrected chi connectivity index (χ2v) is 3.87. The van der Waals surface area contributed by atoms with E-state index in [2.05, 4.69) is 0 Å². The van der Waals surface area contributed by atoms with E-state index in [9.17, 15) is 4.79 Å². The number of carbonyl (C=O) groups excluding carboxylic acids is 1. The smallest absolute Gasteiger partial charge is 0.227 e. The van der Waals surface area contributed by atoms with Crippen LogP contribution in [-0.4, -0.2) is 19.0 Å². The molecule has 4 nitrogen and oxygen atoms in total. The molecule has 0 radical (unpaired) electrons. The summed E-state index contributed by atoms with van der Waals surface area (Å²) in [6.45, 7) is 1.23. The summed E-state index contributed by atoms with van der Waals surface area (Å²) >= 11 is 0. The number of carbonyl (C=O) groups is 1. The first-order valence-electron chi connectivity index (χ1n) is 5.07. The Morgan fingerprint density at radius 3 is 2.73 bits per heavy atom. The number of amides is 1. The van der Waals surface area contributed by atoms with Gasteiger partial charge in [0.1, 0.15) is 0 Å². The number of hydrogen-bond donors (Lipinski definition) is 2. The minimum Gasteiger partial charge on any atom is -0.397 e. The van der Waals surface area contributed by atoms with Gasteiger partial charge in [-0.25, -0.2) is 0 Å². The second kappa shape index (κ2) is 3.90. The van der Waals surface area contributed by atoms with Crippen molar-refractivity contribution in [2.24, 2.45) is 11.7 Å². The zero-order chi connectivity index (χ0) is 10.8. The number of nitrogens with two attached hydrogens (primary N) is 2. The highest BCUT2D eigenvalue weighted by Crippen LogP contribution is 2.28. The Morgan fingerprint density at radius 2 is 2.13 bits per heavy atom. The zero-order valence-electron chi connectivity index (χ0n) is 8.52. The van der Waals surface area contributed by atoms with E-state index < -0.39 is 0 Å². The zero-order valence-corrected chi connectivity index (χ0v) is 8.52. The second-order valence-electron chi connectivity index (χ2n) is 3.87. The molecule has 1 fully saturated rings. The van der Waals surface area contributed by atoms with Crippen molar-refractivity contribution in [3.63, 3.8) is 0 Å². The summed E-state index contributed by atoms with van der Waals surface area (Å²) in [6.07, 6.45) is 0.533. The van der Waals surface area contributed by atoms with Crippen LogP contribution in [0.25, 0.3) is 0 Å². The molecule has 1 aliphatic rings. The molecule has 1 unspecified atom stereocenters. The lowest BCUT2D eigenvalue weighted by Crippen LogP contribution is -2.26. The summed E-state index contributed by atoms with van der Waals surface area (Å²) in [5.74, 6) is 0.375. The largest absolute Gasteiger partial charge is 0.397 e. The quantitative estimate of drug-likeness (QED) is 0.694. The molecule has 0 saturated carbocycles. The van der Waals surface area contributed by atoms with E-state index in [0.717, 1.165) is 5.69 Å². The Labute approximate surface area is 88.9 Å². The van der Waals surface area contributed by atoms with Crippen molar-refractivity contribution in [2.75, 3.05) is 23.7 Å². The molecule has 1 aliphatic heterocycles. The number of nitrogen functional groups attached to an aromatic ring is 1. The summed E-state index contributed by atoms with van der Waals surface area (Å²) in [7, 11) is 0. The van der Waals surface area contributed by atoms with Gasteiger partial charge in [-0.2, -0.15) is 0 Å². The minimum absolute atomic E-state index is 0.114. The van der Waals surface area contributed by atoms with Gasteiger partial charge in [0.15, 0.2) is 0 Å². The van der Waals surface area contributed by atoms with Gasteiger partial charge in [0.25, 0.3) is 0 Å². The molecule has 4 heteroatoms. The number of hydrogen-bond acceptors (Lipinski definition) is 3. The van der Waals surface area contributed by atoms with E-state index in [1.807, 2.05) is 18.2 Å². The van der Waals surface area contributed by atoms with E-state index in [-0.39, 0.29) is 11.8 Å². The van der Waals surface area contributed by atoms with E-state index in [4.69, 9.17) is 11.5 Å². The molecule has 80 valence electrons. The number of benzene rings is 1. The van der Waals surface area contributed by atoms with Gasteiger partial charge in [0.2, 0.25) is 5.91 Å². The molecule has 1 amide bonds. The van der Waals surface area contributed by atoms with Crippen molar-refractivity contribution >= 4 is 17.3 Å². The molecule has 4 N–H and O–H groups in total. The molecule has 0 bridgehead atoms. The van der Waals surface area contributed by atoms with Crippen LogP contribution in [0.5, 0.6) is 0 Å². The topological polar surface area (TPSA) is 72.4 Å². The number of rotatable bonds is 2. The third kappa shape index (κ3) is 1.80. The van der Waals surface area contributed by atoms with Gasteiger partial charge in [0.05, 0.1) is 11.4 Å². The van der Waals surface area contributed by atoms with Crippen LogP contribution in [0.3, 0.4) is 0 Å². The van der Waals surface area contributed by atoms with Crippen molar-refractivity contribution in [3.8, 4) is 0 Å². The van der Waals surface area contributed by atoms with Gasteiger partial charge in [-0.05, 0) is 24.6 Å². The predicted molar refractivity (Wildman–Crippen MR) is 60.4 cm³/mol. The lowest BCUT2D eigenvalue weighted by atomic mass is 10.1. The number of para-hydroxylation sites is 2. The van der Waals surface area contributed by atoms with Gasteiger partial charge in [0, 0.05) is 13.0 Å². The van der Waals surface area contributed by atoms with Gasteiger partial charge in [-0.1, -0.05) is 12.1 Å². The molecule has 0 aliphatic carbocycles. The average molecular weight is 205 g/mol. The van der Waals surface area contributed by atoms with Gasteiger partial charge in [-0.3, -0.25) is 4.79 Å². The van der Waals surface area contributed by atoms with E-state index in [1.165, 1.54) is 0 Å². The molecule has 1 heterocycles. The summed E-state index contributed by atoms with van der Waals surface area (Å²) in [5.41, 5.74) is 12.8. The Bertz CT molecular complexity index is 378. The lowest BCUT2D eigenvalue weighted by Gasteiger charge is -2.18. The molecule has 1 aromatic carbocycles. The molecular weight excluding hydrogens is 190 g/mol. The molecule has 1 saturated heterocycles. The Balaban J connectivity index is 2.25. The third-order valence-corrected chi connectivity index (χ3v) is 2.77. The van der Waals surface area contributed by atoms with Crippen LogP contribution in [0.1, 0.15) is 6.42 Å². The highest BCUT2D eigenvalue weighted by Gasteiger charge is 2.30. The van der Waals surface area contributed by atoms with E-state index in [0.29, 0.717) is 25.2 Å². The summed E-state index contributed by atoms with van der Waals surface area (Å²) in [4.78, 5) is 13.4. The first-order valence-corrected chi connectivity index (χ1v) is 5.07. The minimum atomic E-state index is 0.114.